The molecule has 1 aliphatic rings. The molecule has 0 bridgehead atoms. The molecular formula is C12H17BrN4O2. The lowest BCUT2D eigenvalue weighted by Gasteiger charge is -2.32. The third-order valence-electron chi connectivity index (χ3n) is 3.22. The summed E-state index contributed by atoms with van der Waals surface area (Å²) in [6.45, 7) is 1.33. The molecule has 1 amide bonds. The number of piperidine rings is 1. The average Bonchev–Trinajstić information content (AvgIpc) is 2.46. The zero-order chi connectivity index (χ0) is 13.8. The van der Waals surface area contributed by atoms with Crippen LogP contribution in [0.15, 0.2) is 16.7 Å². The van der Waals surface area contributed by atoms with Crippen LogP contribution in [0.2, 0.25) is 0 Å². The third kappa shape index (κ3) is 3.23. The Kier molecular flexibility index (Phi) is 4.73. The number of halogens is 1. The van der Waals surface area contributed by atoms with E-state index in [0.29, 0.717) is 17.9 Å². The van der Waals surface area contributed by atoms with Gasteiger partial charge in [-0.3, -0.25) is 4.79 Å². The number of pyridine rings is 1. The minimum Gasteiger partial charge on any atom is -0.380 e. The van der Waals surface area contributed by atoms with Crippen molar-refractivity contribution >= 4 is 27.7 Å². The molecule has 3 N–H and O–H groups in total. The van der Waals surface area contributed by atoms with Crippen molar-refractivity contribution in [3.63, 3.8) is 0 Å². The molecule has 1 aromatic heterocycles. The number of rotatable bonds is 3. The number of nitrogen functional groups attached to an aromatic ring is 1. The van der Waals surface area contributed by atoms with Gasteiger partial charge in [-0.1, -0.05) is 0 Å². The maximum atomic E-state index is 12.5. The van der Waals surface area contributed by atoms with Crippen LogP contribution < -0.4 is 11.3 Å². The normalized spacial score (nSPS) is 19.3. The number of ether oxygens (including phenoxy) is 1. The Labute approximate surface area is 120 Å². The largest absolute Gasteiger partial charge is 0.380 e. The van der Waals surface area contributed by atoms with Crippen LogP contribution in [0, 0.1) is 0 Å². The first-order valence-electron chi connectivity index (χ1n) is 6.10. The Morgan fingerprint density at radius 3 is 3.16 bits per heavy atom. The minimum atomic E-state index is -0.0801. The van der Waals surface area contributed by atoms with Crippen LogP contribution in [0.5, 0.6) is 0 Å². The predicted octanol–water partition coefficient (Wildman–Crippen LogP) is 1.38. The van der Waals surface area contributed by atoms with Gasteiger partial charge in [0.1, 0.15) is 0 Å². The van der Waals surface area contributed by atoms with Gasteiger partial charge in [0.25, 0.3) is 5.91 Å². The fourth-order valence-electron chi connectivity index (χ4n) is 2.20. The standard InChI is InChI=1S/C12H17BrN4O2/c1-19-9-3-2-4-17(7-9)12(18)10-5-8(13)6-15-11(10)16-14/h5-6,9H,2-4,7,14H2,1H3,(H,15,16). The predicted molar refractivity (Wildman–Crippen MR) is 75.7 cm³/mol. The molecule has 0 spiro atoms. The number of anilines is 1. The quantitative estimate of drug-likeness (QED) is 0.647. The molecule has 0 aliphatic carbocycles. The average molecular weight is 329 g/mol. The van der Waals surface area contributed by atoms with Gasteiger partial charge in [-0.15, -0.1) is 0 Å². The molecule has 0 radical (unpaired) electrons. The van der Waals surface area contributed by atoms with Crippen LogP contribution in [-0.2, 0) is 4.74 Å². The van der Waals surface area contributed by atoms with E-state index in [9.17, 15) is 4.79 Å². The van der Waals surface area contributed by atoms with Crippen molar-refractivity contribution in [3.05, 3.63) is 22.3 Å². The smallest absolute Gasteiger partial charge is 0.257 e. The number of nitrogens with two attached hydrogens (primary N) is 1. The number of nitrogens with one attached hydrogen (secondary N) is 1. The number of carbonyl (C=O) groups excluding carboxylic acids is 1. The van der Waals surface area contributed by atoms with Gasteiger partial charge in [-0.2, -0.15) is 0 Å². The molecule has 104 valence electrons. The number of nitrogens with zero attached hydrogens (tertiary/aromatic N) is 2. The first kappa shape index (κ1) is 14.2. The summed E-state index contributed by atoms with van der Waals surface area (Å²) in [5.74, 6) is 5.70. The van der Waals surface area contributed by atoms with E-state index in [1.165, 1.54) is 0 Å². The van der Waals surface area contributed by atoms with Crippen molar-refractivity contribution in [2.45, 2.75) is 18.9 Å². The molecule has 6 nitrogen and oxygen atoms in total. The van der Waals surface area contributed by atoms with Crippen LogP contribution in [0.3, 0.4) is 0 Å². The molecule has 1 fully saturated rings. The maximum absolute atomic E-state index is 12.5. The number of hydrogen-bond acceptors (Lipinski definition) is 5. The summed E-state index contributed by atoms with van der Waals surface area (Å²) in [6.07, 6.45) is 3.63. The summed E-state index contributed by atoms with van der Waals surface area (Å²) < 4.78 is 6.07. The molecule has 2 rings (SSSR count). The molecule has 2 heterocycles. The zero-order valence-electron chi connectivity index (χ0n) is 10.7. The number of methoxy groups -OCH3 is 1. The van der Waals surface area contributed by atoms with Crippen molar-refractivity contribution in [1.82, 2.24) is 9.88 Å². The van der Waals surface area contributed by atoms with Crippen LogP contribution in [0.4, 0.5) is 5.82 Å². The van der Waals surface area contributed by atoms with E-state index >= 15 is 0 Å². The highest BCUT2D eigenvalue weighted by atomic mass is 79.9. The van der Waals surface area contributed by atoms with Crippen molar-refractivity contribution in [2.75, 3.05) is 25.6 Å². The Balaban J connectivity index is 2.21. The number of likely N-dealkylation sites (tertiary alicyclic amines) is 1. The Morgan fingerprint density at radius 2 is 2.47 bits per heavy atom. The van der Waals surface area contributed by atoms with E-state index in [2.05, 4.69) is 26.3 Å². The van der Waals surface area contributed by atoms with Gasteiger partial charge in [0, 0.05) is 30.9 Å². The molecule has 7 heteroatoms. The highest BCUT2D eigenvalue weighted by Crippen LogP contribution is 2.21. The fourth-order valence-corrected chi connectivity index (χ4v) is 2.53. The molecule has 19 heavy (non-hydrogen) atoms. The third-order valence-corrected chi connectivity index (χ3v) is 3.65. The molecule has 1 aliphatic heterocycles. The van der Waals surface area contributed by atoms with E-state index in [4.69, 9.17) is 10.6 Å². The topological polar surface area (TPSA) is 80.5 Å². The van der Waals surface area contributed by atoms with E-state index < -0.39 is 0 Å². The van der Waals surface area contributed by atoms with Crippen molar-refractivity contribution in [3.8, 4) is 0 Å². The number of aromatic nitrogens is 1. The lowest BCUT2D eigenvalue weighted by molar-refractivity contribution is 0.0269. The van der Waals surface area contributed by atoms with Gasteiger partial charge in [-0.25, -0.2) is 10.8 Å². The lowest BCUT2D eigenvalue weighted by Crippen LogP contribution is -2.43. The second kappa shape index (κ2) is 6.31. The van der Waals surface area contributed by atoms with E-state index in [1.54, 1.807) is 24.3 Å². The Hall–Kier alpha value is -1.18. The molecule has 1 saturated heterocycles. The van der Waals surface area contributed by atoms with Gasteiger partial charge in [0.05, 0.1) is 11.7 Å². The van der Waals surface area contributed by atoms with Crippen molar-refractivity contribution in [2.24, 2.45) is 5.84 Å². The zero-order valence-corrected chi connectivity index (χ0v) is 12.3. The van der Waals surface area contributed by atoms with Crippen LogP contribution in [0.1, 0.15) is 23.2 Å². The summed E-state index contributed by atoms with van der Waals surface area (Å²) in [5, 5.41) is 0. The summed E-state index contributed by atoms with van der Waals surface area (Å²) in [7, 11) is 1.67. The van der Waals surface area contributed by atoms with E-state index in [-0.39, 0.29) is 12.0 Å². The van der Waals surface area contributed by atoms with Gasteiger partial charge < -0.3 is 15.1 Å². The Bertz CT molecular complexity index is 469. The molecule has 1 aromatic rings. The van der Waals surface area contributed by atoms with E-state index in [1.807, 2.05) is 0 Å². The molecular weight excluding hydrogens is 312 g/mol. The van der Waals surface area contributed by atoms with Gasteiger partial charge in [0.2, 0.25) is 0 Å². The number of amides is 1. The second-order valence-corrected chi connectivity index (χ2v) is 5.36. The van der Waals surface area contributed by atoms with Crippen LogP contribution in [-0.4, -0.2) is 42.1 Å². The molecule has 0 aromatic carbocycles. The number of hydrazine groups is 1. The SMILES string of the molecule is COC1CCCN(C(=O)c2cc(Br)cnc2NN)C1. The maximum Gasteiger partial charge on any atom is 0.257 e. The highest BCUT2D eigenvalue weighted by Gasteiger charge is 2.26. The first-order chi connectivity index (χ1) is 9.15. The van der Waals surface area contributed by atoms with Crippen molar-refractivity contribution < 1.29 is 9.53 Å². The van der Waals surface area contributed by atoms with Crippen LogP contribution >= 0.6 is 15.9 Å². The molecule has 0 saturated carbocycles. The fraction of sp³-hybridized carbons (Fsp3) is 0.500. The summed E-state index contributed by atoms with van der Waals surface area (Å²) in [4.78, 5) is 18.4. The second-order valence-electron chi connectivity index (χ2n) is 4.45. The number of hydrogen-bond donors (Lipinski definition) is 2. The molecule has 1 atom stereocenters. The first-order valence-corrected chi connectivity index (χ1v) is 6.89. The summed E-state index contributed by atoms with van der Waals surface area (Å²) in [6, 6.07) is 1.72. The number of carbonyl (C=O) groups is 1. The highest BCUT2D eigenvalue weighted by molar-refractivity contribution is 9.10. The van der Waals surface area contributed by atoms with E-state index in [0.717, 1.165) is 23.9 Å². The monoisotopic (exact) mass is 328 g/mol. The molecule has 1 unspecified atom stereocenters. The summed E-state index contributed by atoms with van der Waals surface area (Å²) in [5.41, 5.74) is 2.92. The van der Waals surface area contributed by atoms with Gasteiger partial charge in [-0.05, 0) is 34.8 Å². The van der Waals surface area contributed by atoms with Gasteiger partial charge in [0.15, 0.2) is 5.82 Å². The van der Waals surface area contributed by atoms with Crippen molar-refractivity contribution in [1.29, 1.82) is 0 Å². The van der Waals surface area contributed by atoms with Crippen LogP contribution in [0.25, 0.3) is 0 Å². The van der Waals surface area contributed by atoms with Gasteiger partial charge >= 0.3 is 0 Å². The lowest BCUT2D eigenvalue weighted by atomic mass is 10.1. The minimum absolute atomic E-state index is 0.0801. The summed E-state index contributed by atoms with van der Waals surface area (Å²) >= 11 is 3.32. The Morgan fingerprint density at radius 1 is 1.68 bits per heavy atom.